The van der Waals surface area contributed by atoms with Crippen molar-refractivity contribution in [3.05, 3.63) is 0 Å². The maximum absolute atomic E-state index is 9.65. The lowest BCUT2D eigenvalue weighted by atomic mass is 10.1. The molecule has 2 N–H and O–H groups in total. The molecule has 0 aromatic heterocycles. The first kappa shape index (κ1) is 11.0. The van der Waals surface area contributed by atoms with Gasteiger partial charge < -0.3 is 10.5 Å². The van der Waals surface area contributed by atoms with Crippen LogP contribution in [0.25, 0.3) is 0 Å². The minimum Gasteiger partial charge on any atom is -0.314 e. The van der Waals surface area contributed by atoms with E-state index in [1.165, 1.54) is 17.9 Å². The van der Waals surface area contributed by atoms with Crippen molar-refractivity contribution in [2.75, 3.05) is 13.1 Å². The molecule has 0 aromatic rings. The highest BCUT2D eigenvalue weighted by molar-refractivity contribution is 4.76. The highest BCUT2D eigenvalue weighted by Crippen LogP contribution is 2.14. The molecule has 0 bridgehead atoms. The molecule has 1 saturated heterocycles. The molecule has 1 rings (SSSR count). The predicted octanol–water partition coefficient (Wildman–Crippen LogP) is 1.62. The fourth-order valence-corrected chi connectivity index (χ4v) is 1.62. The van der Waals surface area contributed by atoms with E-state index in [4.69, 9.17) is 0 Å². The fraction of sp³-hybridized carbons (Fsp3) is 1.00. The maximum atomic E-state index is 9.65. The van der Waals surface area contributed by atoms with Crippen molar-refractivity contribution in [2.45, 2.75) is 51.6 Å². The van der Waals surface area contributed by atoms with E-state index in [0.717, 1.165) is 19.5 Å². The number of hydroxylamine groups is 2. The Bertz CT molecular complexity index is 147. The molecule has 3 nitrogen and oxygen atoms in total. The van der Waals surface area contributed by atoms with Crippen LogP contribution in [0, 0.1) is 0 Å². The number of nitrogens with one attached hydrogen (secondary N) is 1. The van der Waals surface area contributed by atoms with Crippen molar-refractivity contribution < 1.29 is 5.21 Å². The molecule has 1 aliphatic heterocycles. The topological polar surface area (TPSA) is 35.5 Å². The first-order valence-corrected chi connectivity index (χ1v) is 5.20. The molecule has 1 heterocycles. The third kappa shape index (κ3) is 3.63. The van der Waals surface area contributed by atoms with Gasteiger partial charge in [-0.05, 0) is 46.6 Å². The van der Waals surface area contributed by atoms with Crippen LogP contribution in [0.3, 0.4) is 0 Å². The molecule has 3 heteroatoms. The monoisotopic (exact) mass is 186 g/mol. The van der Waals surface area contributed by atoms with Crippen molar-refractivity contribution in [3.63, 3.8) is 0 Å². The molecule has 1 unspecified atom stereocenters. The predicted molar refractivity (Wildman–Crippen MR) is 53.9 cm³/mol. The summed E-state index contributed by atoms with van der Waals surface area (Å²) in [7, 11) is 0. The lowest BCUT2D eigenvalue weighted by Gasteiger charge is -2.30. The molecule has 0 radical (unpaired) electrons. The van der Waals surface area contributed by atoms with Crippen LogP contribution in [-0.2, 0) is 0 Å². The Balaban J connectivity index is 2.17. The maximum Gasteiger partial charge on any atom is 0.0376 e. The van der Waals surface area contributed by atoms with Gasteiger partial charge in [0, 0.05) is 18.1 Å². The summed E-state index contributed by atoms with van der Waals surface area (Å²) >= 11 is 0. The Kier molecular flexibility index (Phi) is 3.71. The van der Waals surface area contributed by atoms with Crippen molar-refractivity contribution in [1.82, 2.24) is 10.4 Å². The van der Waals surface area contributed by atoms with Crippen molar-refractivity contribution in [1.29, 1.82) is 0 Å². The van der Waals surface area contributed by atoms with E-state index in [0.29, 0.717) is 6.04 Å². The van der Waals surface area contributed by atoms with Crippen LogP contribution in [-0.4, -0.2) is 34.9 Å². The second-order valence-corrected chi connectivity index (χ2v) is 4.88. The van der Waals surface area contributed by atoms with E-state index < -0.39 is 0 Å². The van der Waals surface area contributed by atoms with Crippen molar-refractivity contribution >= 4 is 0 Å². The van der Waals surface area contributed by atoms with Crippen LogP contribution in [0.1, 0.15) is 40.0 Å². The zero-order chi connectivity index (χ0) is 9.90. The Morgan fingerprint density at radius 2 is 2.15 bits per heavy atom. The molecule has 13 heavy (non-hydrogen) atoms. The third-order valence-corrected chi connectivity index (χ3v) is 2.63. The smallest absolute Gasteiger partial charge is 0.0376 e. The van der Waals surface area contributed by atoms with Gasteiger partial charge in [0.05, 0.1) is 0 Å². The molecule has 0 saturated carbocycles. The first-order valence-electron chi connectivity index (χ1n) is 5.20. The molecule has 0 spiro atoms. The summed E-state index contributed by atoms with van der Waals surface area (Å²) in [5.74, 6) is 0. The molecule has 0 aromatic carbocycles. The van der Waals surface area contributed by atoms with Crippen LogP contribution in [0.4, 0.5) is 0 Å². The standard InChI is InChI=1S/C10H22N2O/c1-10(2,3)12(13)8-6-9-5-4-7-11-9/h9,11,13H,4-8H2,1-3H3. The number of nitrogens with zero attached hydrogens (tertiary/aromatic N) is 1. The summed E-state index contributed by atoms with van der Waals surface area (Å²) in [6.45, 7) is 7.98. The van der Waals surface area contributed by atoms with E-state index in [1.807, 2.05) is 20.8 Å². The average Bonchev–Trinajstić information content (AvgIpc) is 2.50. The van der Waals surface area contributed by atoms with Gasteiger partial charge in [-0.1, -0.05) is 0 Å². The van der Waals surface area contributed by atoms with E-state index >= 15 is 0 Å². The highest BCUT2D eigenvalue weighted by Gasteiger charge is 2.21. The minimum atomic E-state index is -0.126. The lowest BCUT2D eigenvalue weighted by molar-refractivity contribution is -0.156. The molecule has 78 valence electrons. The second-order valence-electron chi connectivity index (χ2n) is 4.88. The van der Waals surface area contributed by atoms with E-state index in [2.05, 4.69) is 5.32 Å². The molecular weight excluding hydrogens is 164 g/mol. The average molecular weight is 186 g/mol. The Labute approximate surface area is 81.1 Å². The van der Waals surface area contributed by atoms with Gasteiger partial charge >= 0.3 is 0 Å². The highest BCUT2D eigenvalue weighted by atomic mass is 16.5. The Morgan fingerprint density at radius 3 is 2.62 bits per heavy atom. The zero-order valence-electron chi connectivity index (χ0n) is 9.01. The van der Waals surface area contributed by atoms with Gasteiger partial charge in [-0.2, -0.15) is 5.06 Å². The fourth-order valence-electron chi connectivity index (χ4n) is 1.62. The second kappa shape index (κ2) is 4.40. The van der Waals surface area contributed by atoms with Gasteiger partial charge in [-0.3, -0.25) is 0 Å². The quantitative estimate of drug-likeness (QED) is 0.657. The van der Waals surface area contributed by atoms with Crippen LogP contribution in [0.5, 0.6) is 0 Å². The summed E-state index contributed by atoms with van der Waals surface area (Å²) in [6, 6.07) is 0.622. The summed E-state index contributed by atoms with van der Waals surface area (Å²) < 4.78 is 0. The Morgan fingerprint density at radius 1 is 1.46 bits per heavy atom. The largest absolute Gasteiger partial charge is 0.314 e. The SMILES string of the molecule is CC(C)(C)N(O)CCC1CCCN1. The van der Waals surface area contributed by atoms with Gasteiger partial charge in [-0.15, -0.1) is 0 Å². The van der Waals surface area contributed by atoms with Gasteiger partial charge in [0.2, 0.25) is 0 Å². The number of rotatable bonds is 3. The molecule has 0 aliphatic carbocycles. The summed E-state index contributed by atoms with van der Waals surface area (Å²) in [5.41, 5.74) is -0.126. The number of hydrogen-bond donors (Lipinski definition) is 2. The third-order valence-electron chi connectivity index (χ3n) is 2.63. The van der Waals surface area contributed by atoms with E-state index in [9.17, 15) is 5.21 Å². The van der Waals surface area contributed by atoms with Crippen LogP contribution in [0.2, 0.25) is 0 Å². The zero-order valence-corrected chi connectivity index (χ0v) is 9.01. The Hall–Kier alpha value is -0.120. The molecule has 1 atom stereocenters. The first-order chi connectivity index (χ1) is 6.00. The summed E-state index contributed by atoms with van der Waals surface area (Å²) in [6.07, 6.45) is 3.59. The van der Waals surface area contributed by atoms with Gasteiger partial charge in [0.25, 0.3) is 0 Å². The van der Waals surface area contributed by atoms with E-state index in [1.54, 1.807) is 0 Å². The summed E-state index contributed by atoms with van der Waals surface area (Å²) in [4.78, 5) is 0. The normalized spacial score (nSPS) is 24.2. The molecule has 0 amide bonds. The van der Waals surface area contributed by atoms with Gasteiger partial charge in [0.15, 0.2) is 0 Å². The van der Waals surface area contributed by atoms with E-state index in [-0.39, 0.29) is 5.54 Å². The number of hydrogen-bond acceptors (Lipinski definition) is 3. The minimum absolute atomic E-state index is 0.126. The molecule has 1 fully saturated rings. The van der Waals surface area contributed by atoms with Crippen LogP contribution >= 0.6 is 0 Å². The van der Waals surface area contributed by atoms with Crippen molar-refractivity contribution in [3.8, 4) is 0 Å². The summed E-state index contributed by atoms with van der Waals surface area (Å²) in [5, 5.41) is 14.5. The van der Waals surface area contributed by atoms with Crippen LogP contribution < -0.4 is 5.32 Å². The lowest BCUT2D eigenvalue weighted by Crippen LogP contribution is -2.41. The molecule has 1 aliphatic rings. The van der Waals surface area contributed by atoms with Crippen molar-refractivity contribution in [2.24, 2.45) is 0 Å². The van der Waals surface area contributed by atoms with Gasteiger partial charge in [0.1, 0.15) is 0 Å². The molecular formula is C10H22N2O. The van der Waals surface area contributed by atoms with Crippen LogP contribution in [0.15, 0.2) is 0 Å². The van der Waals surface area contributed by atoms with Gasteiger partial charge in [-0.25, -0.2) is 0 Å².